The van der Waals surface area contributed by atoms with E-state index in [0.29, 0.717) is 33.5 Å². The van der Waals surface area contributed by atoms with Crippen LogP contribution < -0.4 is 173 Å². The molecule has 3 heterocycles. The summed E-state index contributed by atoms with van der Waals surface area (Å²) in [6.45, 7) is 0.412. The van der Waals surface area contributed by atoms with Crippen molar-refractivity contribution in [2.45, 2.75) is 11.9 Å². The number of fused-ring (bicyclic) bond motifs is 3. The van der Waals surface area contributed by atoms with Crippen molar-refractivity contribution in [3.63, 3.8) is 0 Å². The van der Waals surface area contributed by atoms with Crippen LogP contribution in [0.5, 0.6) is 0 Å². The average Bonchev–Trinajstić information content (AvgIpc) is 3.99. The first-order chi connectivity index (χ1) is 27.3. The summed E-state index contributed by atoms with van der Waals surface area (Å²) in [6, 6.07) is 38.9. The van der Waals surface area contributed by atoms with Gasteiger partial charge in [-0.25, -0.2) is 0 Å². The molecule has 0 radical (unpaired) electrons. The van der Waals surface area contributed by atoms with E-state index in [4.69, 9.17) is 55.0 Å². The molecular weight excluding hydrogens is 1170 g/mol. The van der Waals surface area contributed by atoms with Crippen LogP contribution in [0.3, 0.4) is 0 Å². The predicted octanol–water partition coefficient (Wildman–Crippen LogP) is 1.21. The van der Waals surface area contributed by atoms with Gasteiger partial charge >= 0.3 is 167 Å². The molecule has 3 aromatic heterocycles. The monoisotopic (exact) mass is 1200 g/mol. The van der Waals surface area contributed by atoms with E-state index in [9.17, 15) is 9.59 Å². The van der Waals surface area contributed by atoms with E-state index in [2.05, 4.69) is 53.2 Å². The summed E-state index contributed by atoms with van der Waals surface area (Å²) < 4.78 is 1.77. The molecule has 0 spiro atoms. The largest absolute Gasteiger partial charge is 1.00 e. The standard InChI is InChI=1S/C15H11ClN2O.C8H5ClN2O.C8H6ClN.C7H7Br.CH2O3.ClH.2Cs.HNO2.Na.H/c16-13-8-4-7-12-14(10-19)17-18(15(12)13)9-11-5-2-1-3-6-11;9-6-3-1-2-5-7(4-12)10-11-8(5)6;9-7-3-1-2-6-4-5-10-8(6)7;8-6-7-4-2-1-3-5-7;2-1-4-3;;;;2-1-3;;/h1-8,10H,9H2;1-4H,(H,10,11);1-5,10H;1-5H,6H2;1,3H;1H;;;(H,2,3);;/q;;;;;;2*+1;;+1;-1/p-2. The van der Waals surface area contributed by atoms with Gasteiger partial charge in [-0.1, -0.05) is 148 Å². The third-order valence-electron chi connectivity index (χ3n) is 7.29. The molecule has 0 aliphatic carbocycles. The van der Waals surface area contributed by atoms with Crippen LogP contribution >= 0.6 is 63.1 Å². The first-order valence-electron chi connectivity index (χ1n) is 16.0. The fourth-order valence-electron chi connectivity index (χ4n) is 4.90. The molecule has 8 aromatic rings. The van der Waals surface area contributed by atoms with Gasteiger partial charge in [0.25, 0.3) is 6.47 Å². The van der Waals surface area contributed by atoms with Gasteiger partial charge in [-0.3, -0.25) is 24.2 Å². The molecule has 0 fully saturated rings. The number of H-pyrrole nitrogens is 2. The SMILES string of the molecule is BrCc1ccccc1.Cl.Clc1cccc2cc[nH]c12.O=CO[O-].O=Cc1[nH]nc2c(Cl)cccc12.O=Cc1nn(Cc2ccccc2)c2c(Cl)cccc12.O=N[O-].[Cs+].[Cs+].[H-].[Na+]. The number of para-hydroxylation sites is 3. The smallest absolute Gasteiger partial charge is 1.00 e. The minimum absolute atomic E-state index is 0. The number of carbonyl (C=O) groups is 3. The first kappa shape index (κ1) is 61.6. The molecule has 0 aliphatic heterocycles. The number of aromatic nitrogens is 5. The van der Waals surface area contributed by atoms with E-state index in [0.717, 1.165) is 61.0 Å². The Kier molecular flexibility index (Phi) is 36.7. The van der Waals surface area contributed by atoms with Gasteiger partial charge in [-0.15, -0.1) is 17.7 Å². The molecule has 0 saturated carbocycles. The van der Waals surface area contributed by atoms with Gasteiger partial charge in [0.15, 0.2) is 12.6 Å². The average molecular weight is 1210 g/mol. The summed E-state index contributed by atoms with van der Waals surface area (Å²) in [5.41, 5.74) is 5.79. The molecule has 8 rings (SSSR count). The Balaban J connectivity index is -0.000000707. The zero-order valence-electron chi connectivity index (χ0n) is 33.3. The third kappa shape index (κ3) is 20.1. The van der Waals surface area contributed by atoms with E-state index < -0.39 is 0 Å². The van der Waals surface area contributed by atoms with Crippen LogP contribution in [0.25, 0.3) is 32.7 Å². The summed E-state index contributed by atoms with van der Waals surface area (Å²) >= 11 is 21.3. The van der Waals surface area contributed by atoms with Crippen molar-refractivity contribution in [1.82, 2.24) is 25.0 Å². The first-order valence-corrected chi connectivity index (χ1v) is 18.2. The number of aldehydes is 2. The molecule has 13 nitrogen and oxygen atoms in total. The van der Waals surface area contributed by atoms with Crippen molar-refractivity contribution in [3.05, 3.63) is 175 Å². The third-order valence-corrected chi connectivity index (χ3v) is 8.86. The zero-order valence-corrected chi connectivity index (χ0v) is 51.6. The Bertz CT molecular complexity index is 2460. The molecule has 298 valence electrons. The second-order valence-electron chi connectivity index (χ2n) is 10.7. The van der Waals surface area contributed by atoms with Gasteiger partial charge in [0, 0.05) is 27.7 Å². The fraction of sp³-hybridized carbons (Fsp3) is 0.0513. The number of carbonyl (C=O) groups excluding carboxylic acids is 3. The van der Waals surface area contributed by atoms with Crippen molar-refractivity contribution in [2.75, 3.05) is 0 Å². The Hall–Kier alpha value is -0.506. The van der Waals surface area contributed by atoms with Gasteiger partial charge in [-0.05, 0) is 35.4 Å². The van der Waals surface area contributed by atoms with Crippen LogP contribution in [-0.2, 0) is 21.6 Å². The van der Waals surface area contributed by atoms with Gasteiger partial charge in [0.2, 0.25) is 0 Å². The predicted molar refractivity (Wildman–Crippen MR) is 229 cm³/mol. The molecule has 60 heavy (non-hydrogen) atoms. The van der Waals surface area contributed by atoms with E-state index in [-0.39, 0.29) is 188 Å². The number of hydrogen-bond donors (Lipinski definition) is 2. The van der Waals surface area contributed by atoms with Gasteiger partial charge in [0.05, 0.1) is 32.6 Å². The van der Waals surface area contributed by atoms with E-state index in [1.54, 1.807) is 22.9 Å². The Morgan fingerprint density at radius 3 is 1.82 bits per heavy atom. The second kappa shape index (κ2) is 35.8. The van der Waals surface area contributed by atoms with Crippen LogP contribution in [0.15, 0.2) is 133 Å². The van der Waals surface area contributed by atoms with Gasteiger partial charge in [-0.2, -0.15) is 10.2 Å². The van der Waals surface area contributed by atoms with E-state index in [1.807, 2.05) is 97.2 Å². The summed E-state index contributed by atoms with van der Waals surface area (Å²) in [6.07, 6.45) is 3.38. The Morgan fingerprint density at radius 1 is 0.767 bits per heavy atom. The van der Waals surface area contributed by atoms with Crippen LogP contribution in [0.4, 0.5) is 0 Å². The molecule has 0 bridgehead atoms. The molecule has 2 N–H and O–H groups in total. The van der Waals surface area contributed by atoms with Crippen molar-refractivity contribution >= 4 is 115 Å². The summed E-state index contributed by atoms with van der Waals surface area (Å²) in [5.74, 6) is 0. The normalized spacial score (nSPS) is 9.02. The number of nitrogens with zero attached hydrogens (tertiary/aromatic N) is 4. The number of halogens is 5. The molecule has 0 saturated heterocycles. The second-order valence-corrected chi connectivity index (χ2v) is 12.5. The number of rotatable bonds is 6. The molecular formula is C39H32BrCl4Cs2N6NaO7. The van der Waals surface area contributed by atoms with Gasteiger partial charge in [0.1, 0.15) is 16.9 Å². The zero-order chi connectivity index (χ0) is 40.7. The topological polar surface area (TPSA) is 198 Å². The van der Waals surface area contributed by atoms with Crippen LogP contribution in [0.1, 0.15) is 33.5 Å². The maximum atomic E-state index is 11.1. The minimum atomic E-state index is -0.181. The molecule has 5 aromatic carbocycles. The number of nitrogens with one attached hydrogen (secondary N) is 2. The Morgan fingerprint density at radius 2 is 1.30 bits per heavy atom. The van der Waals surface area contributed by atoms with E-state index in [1.165, 1.54) is 5.56 Å². The summed E-state index contributed by atoms with van der Waals surface area (Å²) in [4.78, 5) is 43.9. The Labute approximate surface area is 515 Å². The summed E-state index contributed by atoms with van der Waals surface area (Å²) in [5, 5.41) is 33.9. The quantitative estimate of drug-likeness (QED) is 0.0615. The number of alkyl halides is 1. The van der Waals surface area contributed by atoms with Crippen LogP contribution in [-0.4, -0.2) is 44.0 Å². The number of benzene rings is 5. The van der Waals surface area contributed by atoms with Crippen molar-refractivity contribution < 1.29 is 193 Å². The van der Waals surface area contributed by atoms with Crippen LogP contribution in [0, 0.1) is 10.1 Å². The van der Waals surface area contributed by atoms with E-state index >= 15 is 0 Å². The fourth-order valence-corrected chi connectivity index (χ4v) is 6.00. The number of hydrogen-bond acceptors (Lipinski definition) is 10. The number of aromatic amines is 2. The van der Waals surface area contributed by atoms with Crippen molar-refractivity contribution in [2.24, 2.45) is 5.34 Å². The van der Waals surface area contributed by atoms with Crippen molar-refractivity contribution in [3.8, 4) is 0 Å². The molecule has 21 heteroatoms. The molecule has 0 unspecified atom stereocenters. The minimum Gasteiger partial charge on any atom is -1.00 e. The van der Waals surface area contributed by atoms with Gasteiger partial charge < -0.3 is 26.7 Å². The molecule has 0 aliphatic rings. The summed E-state index contributed by atoms with van der Waals surface area (Å²) in [7, 11) is 0. The van der Waals surface area contributed by atoms with Crippen LogP contribution in [0.2, 0.25) is 15.1 Å². The molecule has 0 amide bonds. The maximum Gasteiger partial charge on any atom is 1.00 e. The molecule has 0 atom stereocenters. The maximum absolute atomic E-state index is 11.1. The van der Waals surface area contributed by atoms with Crippen molar-refractivity contribution in [1.29, 1.82) is 0 Å².